The number of rotatable bonds is 2. The molecule has 4 nitrogen and oxygen atoms in total. The number of aromatic nitrogens is 2. The van der Waals surface area contributed by atoms with Crippen LogP contribution in [0, 0.1) is 11.3 Å². The molecule has 0 amide bonds. The summed E-state index contributed by atoms with van der Waals surface area (Å²) < 4.78 is 0. The molecule has 0 saturated carbocycles. The fraction of sp³-hybridized carbons (Fsp3) is 0.0833. The van der Waals surface area contributed by atoms with E-state index in [1.165, 1.54) is 0 Å². The predicted molar refractivity (Wildman–Crippen MR) is 60.1 cm³/mol. The van der Waals surface area contributed by atoms with Gasteiger partial charge in [0, 0.05) is 30.1 Å². The lowest BCUT2D eigenvalue weighted by molar-refractivity contribution is 1.01. The highest BCUT2D eigenvalue weighted by molar-refractivity contribution is 5.56. The lowest BCUT2D eigenvalue weighted by Crippen LogP contribution is -1.98. The van der Waals surface area contributed by atoms with Gasteiger partial charge in [0.25, 0.3) is 0 Å². The molecule has 4 heteroatoms. The van der Waals surface area contributed by atoms with E-state index in [1.807, 2.05) is 12.1 Å². The number of hydrogen-bond acceptors (Lipinski definition) is 4. The van der Waals surface area contributed by atoms with Gasteiger partial charge in [-0.3, -0.25) is 0 Å². The molecular formula is C12H10N4. The number of benzene rings is 1. The van der Waals surface area contributed by atoms with Crippen LogP contribution in [0.25, 0.3) is 11.4 Å². The summed E-state index contributed by atoms with van der Waals surface area (Å²) in [4.78, 5) is 8.40. The monoisotopic (exact) mass is 210 g/mol. The first kappa shape index (κ1) is 10.3. The van der Waals surface area contributed by atoms with Gasteiger partial charge in [0.15, 0.2) is 5.82 Å². The van der Waals surface area contributed by atoms with E-state index in [4.69, 9.17) is 11.0 Å². The second-order valence-corrected chi connectivity index (χ2v) is 3.31. The van der Waals surface area contributed by atoms with Crippen molar-refractivity contribution in [3.8, 4) is 17.5 Å². The minimum absolute atomic E-state index is 0.438. The molecule has 2 rings (SSSR count). The van der Waals surface area contributed by atoms with E-state index in [9.17, 15) is 0 Å². The first-order chi connectivity index (χ1) is 7.83. The zero-order valence-electron chi connectivity index (χ0n) is 8.59. The van der Waals surface area contributed by atoms with Crippen LogP contribution < -0.4 is 5.73 Å². The lowest BCUT2D eigenvalue weighted by atomic mass is 10.1. The van der Waals surface area contributed by atoms with Crippen LogP contribution in [0.1, 0.15) is 11.1 Å². The molecule has 0 bridgehead atoms. The molecule has 0 aliphatic carbocycles. The van der Waals surface area contributed by atoms with Gasteiger partial charge in [0.1, 0.15) is 0 Å². The van der Waals surface area contributed by atoms with E-state index in [0.29, 0.717) is 17.9 Å². The molecule has 0 aliphatic heterocycles. The number of nitrogens with two attached hydrogens (primary N) is 1. The fourth-order valence-electron chi connectivity index (χ4n) is 1.30. The van der Waals surface area contributed by atoms with E-state index in [0.717, 1.165) is 11.1 Å². The third kappa shape index (κ3) is 2.05. The fourth-order valence-corrected chi connectivity index (χ4v) is 1.30. The van der Waals surface area contributed by atoms with Crippen molar-refractivity contribution in [2.24, 2.45) is 5.73 Å². The Morgan fingerprint density at radius 1 is 1.12 bits per heavy atom. The molecule has 0 fully saturated rings. The minimum atomic E-state index is 0.438. The molecule has 16 heavy (non-hydrogen) atoms. The van der Waals surface area contributed by atoms with Gasteiger partial charge in [0.2, 0.25) is 0 Å². The standard InChI is InChI=1S/C12H10N4/c13-5-9-1-3-11(4-2-9)12-15-7-10(6-14)8-16-12/h1-4,7-8H,6,14H2. The molecule has 78 valence electrons. The third-order valence-corrected chi connectivity index (χ3v) is 2.21. The SMILES string of the molecule is N#Cc1ccc(-c2ncc(CN)cn2)cc1. The minimum Gasteiger partial charge on any atom is -0.326 e. The van der Waals surface area contributed by atoms with Crippen molar-refractivity contribution in [2.45, 2.75) is 6.54 Å². The summed E-state index contributed by atoms with van der Waals surface area (Å²) in [5.41, 5.74) is 7.88. The van der Waals surface area contributed by atoms with Gasteiger partial charge >= 0.3 is 0 Å². The Hall–Kier alpha value is -2.25. The molecule has 1 aromatic carbocycles. The van der Waals surface area contributed by atoms with E-state index in [2.05, 4.69) is 16.0 Å². The highest BCUT2D eigenvalue weighted by Crippen LogP contribution is 2.14. The van der Waals surface area contributed by atoms with Crippen LogP contribution in [0.15, 0.2) is 36.7 Å². The number of nitriles is 1. The third-order valence-electron chi connectivity index (χ3n) is 2.21. The van der Waals surface area contributed by atoms with E-state index in [-0.39, 0.29) is 0 Å². The summed E-state index contributed by atoms with van der Waals surface area (Å²) in [6.45, 7) is 0.438. The van der Waals surface area contributed by atoms with Gasteiger partial charge in [0.05, 0.1) is 11.6 Å². The summed E-state index contributed by atoms with van der Waals surface area (Å²) in [7, 11) is 0. The van der Waals surface area contributed by atoms with Crippen molar-refractivity contribution < 1.29 is 0 Å². The smallest absolute Gasteiger partial charge is 0.159 e. The topological polar surface area (TPSA) is 75.6 Å². The largest absolute Gasteiger partial charge is 0.326 e. The number of hydrogen-bond donors (Lipinski definition) is 1. The lowest BCUT2D eigenvalue weighted by Gasteiger charge is -2.00. The highest BCUT2D eigenvalue weighted by Gasteiger charge is 2.00. The summed E-state index contributed by atoms with van der Waals surface area (Å²) >= 11 is 0. The Balaban J connectivity index is 2.32. The van der Waals surface area contributed by atoms with Gasteiger partial charge in [-0.05, 0) is 24.3 Å². The molecule has 0 saturated heterocycles. The average Bonchev–Trinajstić information content (AvgIpc) is 2.39. The highest BCUT2D eigenvalue weighted by atomic mass is 14.9. The first-order valence-corrected chi connectivity index (χ1v) is 4.85. The first-order valence-electron chi connectivity index (χ1n) is 4.85. The predicted octanol–water partition coefficient (Wildman–Crippen LogP) is 1.47. The van der Waals surface area contributed by atoms with Crippen molar-refractivity contribution in [1.29, 1.82) is 5.26 Å². The molecule has 0 radical (unpaired) electrons. The molecule has 2 aromatic rings. The Labute approximate surface area is 93.4 Å². The van der Waals surface area contributed by atoms with Crippen molar-refractivity contribution in [3.05, 3.63) is 47.8 Å². The van der Waals surface area contributed by atoms with E-state index < -0.39 is 0 Å². The van der Waals surface area contributed by atoms with Gasteiger partial charge in [-0.25, -0.2) is 9.97 Å². The maximum Gasteiger partial charge on any atom is 0.159 e. The second-order valence-electron chi connectivity index (χ2n) is 3.31. The van der Waals surface area contributed by atoms with Crippen LogP contribution in [-0.2, 0) is 6.54 Å². The summed E-state index contributed by atoms with van der Waals surface area (Å²) in [5, 5.41) is 8.67. The zero-order valence-corrected chi connectivity index (χ0v) is 8.59. The summed E-state index contributed by atoms with van der Waals surface area (Å²) in [6.07, 6.45) is 3.42. The molecule has 1 aromatic heterocycles. The molecular weight excluding hydrogens is 200 g/mol. The Morgan fingerprint density at radius 2 is 1.75 bits per heavy atom. The van der Waals surface area contributed by atoms with Crippen molar-refractivity contribution in [1.82, 2.24) is 9.97 Å². The van der Waals surface area contributed by atoms with Gasteiger partial charge < -0.3 is 5.73 Å². The van der Waals surface area contributed by atoms with Gasteiger partial charge in [-0.1, -0.05) is 0 Å². The Bertz CT molecular complexity index is 508. The maximum atomic E-state index is 8.67. The summed E-state index contributed by atoms with van der Waals surface area (Å²) in [5.74, 6) is 0.640. The van der Waals surface area contributed by atoms with E-state index in [1.54, 1.807) is 24.5 Å². The Kier molecular flexibility index (Phi) is 2.90. The van der Waals surface area contributed by atoms with Crippen LogP contribution in [0.2, 0.25) is 0 Å². The van der Waals surface area contributed by atoms with Crippen LogP contribution in [-0.4, -0.2) is 9.97 Å². The normalized spacial score (nSPS) is 9.75. The maximum absolute atomic E-state index is 8.67. The van der Waals surface area contributed by atoms with Crippen molar-refractivity contribution >= 4 is 0 Å². The quantitative estimate of drug-likeness (QED) is 0.814. The number of nitrogens with zero attached hydrogens (tertiary/aromatic N) is 3. The second kappa shape index (κ2) is 4.51. The van der Waals surface area contributed by atoms with Crippen LogP contribution in [0.5, 0.6) is 0 Å². The molecule has 0 atom stereocenters. The van der Waals surface area contributed by atoms with Gasteiger partial charge in [-0.2, -0.15) is 5.26 Å². The van der Waals surface area contributed by atoms with Gasteiger partial charge in [-0.15, -0.1) is 0 Å². The molecule has 1 heterocycles. The van der Waals surface area contributed by atoms with Crippen molar-refractivity contribution in [2.75, 3.05) is 0 Å². The molecule has 0 spiro atoms. The molecule has 2 N–H and O–H groups in total. The average molecular weight is 210 g/mol. The molecule has 0 aliphatic rings. The Morgan fingerprint density at radius 3 is 2.25 bits per heavy atom. The van der Waals surface area contributed by atoms with Crippen LogP contribution in [0.4, 0.5) is 0 Å². The zero-order chi connectivity index (χ0) is 11.4. The molecule has 0 unspecified atom stereocenters. The van der Waals surface area contributed by atoms with Crippen LogP contribution >= 0.6 is 0 Å². The van der Waals surface area contributed by atoms with Crippen molar-refractivity contribution in [3.63, 3.8) is 0 Å². The summed E-state index contributed by atoms with van der Waals surface area (Å²) in [6, 6.07) is 9.22. The van der Waals surface area contributed by atoms with Crippen LogP contribution in [0.3, 0.4) is 0 Å². The van der Waals surface area contributed by atoms with E-state index >= 15 is 0 Å².